The lowest BCUT2D eigenvalue weighted by molar-refractivity contribution is 0.570. The lowest BCUT2D eigenvalue weighted by atomic mass is 10.1. The number of hydrogen-bond acceptors (Lipinski definition) is 4. The lowest BCUT2D eigenvalue weighted by Gasteiger charge is -2.13. The molecule has 2 aromatic heterocycles. The zero-order valence-electron chi connectivity index (χ0n) is 15.6. The van der Waals surface area contributed by atoms with E-state index in [9.17, 15) is 13.6 Å². The van der Waals surface area contributed by atoms with Gasteiger partial charge in [-0.15, -0.1) is 0 Å². The summed E-state index contributed by atoms with van der Waals surface area (Å²) in [4.78, 5) is 12.6. The molecule has 0 aliphatic rings. The van der Waals surface area contributed by atoms with Gasteiger partial charge in [0.25, 0.3) is 5.56 Å². The maximum Gasteiger partial charge on any atom is 0.292 e. The van der Waals surface area contributed by atoms with E-state index < -0.39 is 17.2 Å². The van der Waals surface area contributed by atoms with Crippen LogP contribution in [0, 0.1) is 11.6 Å². The van der Waals surface area contributed by atoms with E-state index in [0.29, 0.717) is 24.8 Å². The molecule has 152 valence electrons. The van der Waals surface area contributed by atoms with Gasteiger partial charge in [-0.25, -0.2) is 8.78 Å². The van der Waals surface area contributed by atoms with E-state index in [1.54, 1.807) is 6.20 Å². The zero-order valence-corrected chi connectivity index (χ0v) is 16.4. The Morgan fingerprint density at radius 1 is 1.03 bits per heavy atom. The maximum absolute atomic E-state index is 14.0. The molecule has 0 spiro atoms. The first-order valence-electron chi connectivity index (χ1n) is 9.04. The van der Waals surface area contributed by atoms with Crippen molar-refractivity contribution in [1.29, 1.82) is 0 Å². The van der Waals surface area contributed by atoms with Gasteiger partial charge < -0.3 is 5.32 Å². The standard InChI is InChI=1S/C21H16ClF2N5O/c22-20-18(12-27-29(21(20)30)19-7-6-16(23)10-17(19)24)25-11-14-4-1-2-5-15(14)13-28-9-3-8-26-28/h1-10,12,25H,11,13H2. The van der Waals surface area contributed by atoms with E-state index in [1.807, 2.05) is 41.2 Å². The fourth-order valence-corrected chi connectivity index (χ4v) is 3.22. The molecule has 9 heteroatoms. The van der Waals surface area contributed by atoms with Crippen LogP contribution in [-0.2, 0) is 13.1 Å². The number of hydrogen-bond donors (Lipinski definition) is 1. The van der Waals surface area contributed by atoms with Gasteiger partial charge >= 0.3 is 0 Å². The fourth-order valence-electron chi connectivity index (χ4n) is 3.02. The van der Waals surface area contributed by atoms with Gasteiger partial charge in [-0.05, 0) is 29.3 Å². The van der Waals surface area contributed by atoms with Gasteiger partial charge in [-0.1, -0.05) is 35.9 Å². The van der Waals surface area contributed by atoms with Gasteiger partial charge in [0.05, 0.1) is 18.4 Å². The second kappa shape index (κ2) is 8.46. The van der Waals surface area contributed by atoms with E-state index in [1.165, 1.54) is 6.20 Å². The minimum atomic E-state index is -0.908. The topological polar surface area (TPSA) is 64.7 Å². The highest BCUT2D eigenvalue weighted by Gasteiger charge is 2.14. The summed E-state index contributed by atoms with van der Waals surface area (Å²) in [6, 6.07) is 12.5. The van der Waals surface area contributed by atoms with Crippen molar-refractivity contribution in [3.8, 4) is 5.69 Å². The molecule has 0 fully saturated rings. The van der Waals surface area contributed by atoms with Gasteiger partial charge in [0.1, 0.15) is 16.5 Å². The summed E-state index contributed by atoms with van der Waals surface area (Å²) in [5, 5.41) is 11.2. The predicted octanol–water partition coefficient (Wildman–Crippen LogP) is 4.02. The molecule has 30 heavy (non-hydrogen) atoms. The lowest BCUT2D eigenvalue weighted by Crippen LogP contribution is -2.23. The molecule has 2 heterocycles. The van der Waals surface area contributed by atoms with Crippen molar-refractivity contribution in [3.05, 3.63) is 105 Å². The fraction of sp³-hybridized carbons (Fsp3) is 0.0952. The third kappa shape index (κ3) is 4.08. The van der Waals surface area contributed by atoms with Crippen molar-refractivity contribution in [1.82, 2.24) is 19.6 Å². The summed E-state index contributed by atoms with van der Waals surface area (Å²) >= 11 is 6.21. The van der Waals surface area contributed by atoms with Crippen molar-refractivity contribution in [2.24, 2.45) is 0 Å². The summed E-state index contributed by atoms with van der Waals surface area (Å²) in [7, 11) is 0. The number of nitrogens with zero attached hydrogens (tertiary/aromatic N) is 4. The van der Waals surface area contributed by atoms with Crippen LogP contribution < -0.4 is 10.9 Å². The smallest absolute Gasteiger partial charge is 0.292 e. The van der Waals surface area contributed by atoms with Crippen molar-refractivity contribution in [2.45, 2.75) is 13.1 Å². The van der Waals surface area contributed by atoms with Crippen molar-refractivity contribution in [3.63, 3.8) is 0 Å². The molecule has 0 saturated heterocycles. The van der Waals surface area contributed by atoms with Gasteiger partial charge in [-0.3, -0.25) is 9.48 Å². The van der Waals surface area contributed by atoms with Crippen LogP contribution in [-0.4, -0.2) is 19.6 Å². The number of nitrogens with one attached hydrogen (secondary N) is 1. The zero-order chi connectivity index (χ0) is 21.1. The average Bonchev–Trinajstić information content (AvgIpc) is 3.24. The Morgan fingerprint density at radius 3 is 2.57 bits per heavy atom. The number of aromatic nitrogens is 4. The van der Waals surface area contributed by atoms with Crippen LogP contribution in [0.4, 0.5) is 14.5 Å². The molecule has 6 nitrogen and oxygen atoms in total. The van der Waals surface area contributed by atoms with Crippen LogP contribution in [0.2, 0.25) is 5.02 Å². The molecule has 4 aromatic rings. The summed E-state index contributed by atoms with van der Waals surface area (Å²) in [6.45, 7) is 0.996. The van der Waals surface area contributed by atoms with E-state index in [0.717, 1.165) is 27.9 Å². The highest BCUT2D eigenvalue weighted by molar-refractivity contribution is 6.32. The Hall–Kier alpha value is -3.52. The third-order valence-corrected chi connectivity index (χ3v) is 4.90. The second-order valence-corrected chi connectivity index (χ2v) is 6.89. The summed E-state index contributed by atoms with van der Waals surface area (Å²) < 4.78 is 29.8. The average molecular weight is 428 g/mol. The Bertz CT molecular complexity index is 1240. The van der Waals surface area contributed by atoms with E-state index >= 15 is 0 Å². The molecular formula is C21H16ClF2N5O. The number of benzene rings is 2. The van der Waals surface area contributed by atoms with Gasteiger partial charge in [0.2, 0.25) is 0 Å². The van der Waals surface area contributed by atoms with E-state index in [4.69, 9.17) is 11.6 Å². The first-order chi connectivity index (χ1) is 14.5. The van der Waals surface area contributed by atoms with E-state index in [2.05, 4.69) is 15.5 Å². The summed E-state index contributed by atoms with van der Waals surface area (Å²) in [6.07, 6.45) is 4.92. The van der Waals surface area contributed by atoms with Gasteiger partial charge in [0.15, 0.2) is 5.82 Å². The quantitative estimate of drug-likeness (QED) is 0.504. The Kier molecular flexibility index (Phi) is 5.58. The first kappa shape index (κ1) is 19.8. The Balaban J connectivity index is 1.57. The molecule has 0 unspecified atom stereocenters. The molecule has 0 radical (unpaired) electrons. The Morgan fingerprint density at radius 2 is 1.83 bits per heavy atom. The first-order valence-corrected chi connectivity index (χ1v) is 9.42. The SMILES string of the molecule is O=c1c(Cl)c(NCc2ccccc2Cn2cccn2)cnn1-c1ccc(F)cc1F. The summed E-state index contributed by atoms with van der Waals surface area (Å²) in [5.74, 6) is -1.66. The highest BCUT2D eigenvalue weighted by Crippen LogP contribution is 2.20. The predicted molar refractivity (Wildman–Crippen MR) is 110 cm³/mol. The van der Waals surface area contributed by atoms with Crippen LogP contribution >= 0.6 is 11.6 Å². The number of halogens is 3. The molecule has 0 aliphatic carbocycles. The summed E-state index contributed by atoms with van der Waals surface area (Å²) in [5.41, 5.74) is 1.48. The van der Waals surface area contributed by atoms with Crippen LogP contribution in [0.1, 0.15) is 11.1 Å². The molecule has 0 aliphatic heterocycles. The van der Waals surface area contributed by atoms with Crippen LogP contribution in [0.5, 0.6) is 0 Å². The van der Waals surface area contributed by atoms with Gasteiger partial charge in [0, 0.05) is 25.0 Å². The largest absolute Gasteiger partial charge is 0.378 e. The Labute approximate surface area is 175 Å². The molecular weight excluding hydrogens is 412 g/mol. The number of rotatable bonds is 6. The van der Waals surface area contributed by atoms with Crippen LogP contribution in [0.25, 0.3) is 5.69 Å². The van der Waals surface area contributed by atoms with Crippen LogP contribution in [0.3, 0.4) is 0 Å². The molecule has 1 N–H and O–H groups in total. The molecule has 0 amide bonds. The van der Waals surface area contributed by atoms with Gasteiger partial charge in [-0.2, -0.15) is 14.9 Å². The molecule has 0 saturated carbocycles. The van der Waals surface area contributed by atoms with Crippen LogP contribution in [0.15, 0.2) is 71.9 Å². The van der Waals surface area contributed by atoms with Crippen molar-refractivity contribution >= 4 is 17.3 Å². The molecule has 2 aromatic carbocycles. The van der Waals surface area contributed by atoms with E-state index in [-0.39, 0.29) is 10.7 Å². The normalized spacial score (nSPS) is 10.9. The van der Waals surface area contributed by atoms with Crippen molar-refractivity contribution in [2.75, 3.05) is 5.32 Å². The number of anilines is 1. The third-order valence-electron chi connectivity index (χ3n) is 4.54. The molecule has 0 bridgehead atoms. The van der Waals surface area contributed by atoms with Crippen molar-refractivity contribution < 1.29 is 8.78 Å². The highest BCUT2D eigenvalue weighted by atomic mass is 35.5. The molecule has 0 atom stereocenters. The minimum absolute atomic E-state index is 0.140. The molecule has 4 rings (SSSR count). The maximum atomic E-state index is 14.0. The monoisotopic (exact) mass is 427 g/mol. The minimum Gasteiger partial charge on any atom is -0.378 e. The second-order valence-electron chi connectivity index (χ2n) is 6.51.